The van der Waals surface area contributed by atoms with Crippen LogP contribution in [0.5, 0.6) is 0 Å². The lowest BCUT2D eigenvalue weighted by atomic mass is 10.2. The van der Waals surface area contributed by atoms with Gasteiger partial charge in [-0.2, -0.15) is 0 Å². The summed E-state index contributed by atoms with van der Waals surface area (Å²) in [7, 11) is 6.12. The van der Waals surface area contributed by atoms with Crippen LogP contribution in [0.15, 0.2) is 51.9 Å². The maximum absolute atomic E-state index is 14.7. The third kappa shape index (κ3) is 7.93. The van der Waals surface area contributed by atoms with Crippen LogP contribution in [-0.4, -0.2) is 44.6 Å². The third-order valence-electron chi connectivity index (χ3n) is 4.34. The van der Waals surface area contributed by atoms with Gasteiger partial charge in [0.2, 0.25) is 0 Å². The minimum atomic E-state index is -0.361. The fraction of sp³-hybridized carbons (Fsp3) is 0.364. The van der Waals surface area contributed by atoms with Crippen LogP contribution in [0.2, 0.25) is 5.02 Å². The van der Waals surface area contributed by atoms with Gasteiger partial charge in [0.1, 0.15) is 11.3 Å². The van der Waals surface area contributed by atoms with Crippen molar-refractivity contribution in [3.05, 3.63) is 57.8 Å². The number of nitrogens with one attached hydrogen (secondary N) is 3. The molecule has 1 atom stereocenters. The number of para-hydroxylation sites is 2. The summed E-state index contributed by atoms with van der Waals surface area (Å²) in [5.74, 6) is -0.361. The second-order valence-corrected chi connectivity index (χ2v) is 10.0. The van der Waals surface area contributed by atoms with E-state index in [2.05, 4.69) is 25.2 Å². The maximum atomic E-state index is 14.7. The first-order valence-corrected chi connectivity index (χ1v) is 12.7. The molecule has 0 spiro atoms. The van der Waals surface area contributed by atoms with E-state index in [9.17, 15) is 4.39 Å². The highest BCUT2D eigenvalue weighted by Crippen LogP contribution is 2.36. The summed E-state index contributed by atoms with van der Waals surface area (Å²) in [6.07, 6.45) is 1.70. The van der Waals surface area contributed by atoms with Gasteiger partial charge in [0.05, 0.1) is 31.3 Å². The predicted octanol–water partition coefficient (Wildman–Crippen LogP) is 6.50. The molecule has 2 aromatic rings. The van der Waals surface area contributed by atoms with Gasteiger partial charge in [-0.15, -0.1) is 0 Å². The normalized spacial score (nSPS) is 15.0. The van der Waals surface area contributed by atoms with Crippen molar-refractivity contribution in [3.8, 4) is 0 Å². The summed E-state index contributed by atoms with van der Waals surface area (Å²) >= 11 is 15.0. The first kappa shape index (κ1) is 27.0. The van der Waals surface area contributed by atoms with E-state index >= 15 is 0 Å². The van der Waals surface area contributed by atoms with E-state index in [1.54, 1.807) is 12.3 Å². The molecule has 176 valence electrons. The number of likely N-dealkylation sites (N-methyl/N-ethyl adjacent to an activating group) is 2. The van der Waals surface area contributed by atoms with Gasteiger partial charge in [-0.25, -0.2) is 9.11 Å². The molecule has 0 fully saturated rings. The predicted molar refractivity (Wildman–Crippen MR) is 142 cm³/mol. The number of anilines is 3. The van der Waals surface area contributed by atoms with Crippen molar-refractivity contribution in [1.29, 1.82) is 0 Å². The number of thioether (sulfide) groups is 1. The average molecular weight is 519 g/mol. The van der Waals surface area contributed by atoms with E-state index in [1.165, 1.54) is 29.8 Å². The average Bonchev–Trinajstić information content (AvgIpc) is 3.20. The summed E-state index contributed by atoms with van der Waals surface area (Å²) < 4.78 is 18.5. The van der Waals surface area contributed by atoms with Gasteiger partial charge in [0, 0.05) is 32.4 Å². The highest BCUT2D eigenvalue weighted by atomic mass is 35.5. The molecule has 0 saturated heterocycles. The number of rotatable bonds is 9. The van der Waals surface area contributed by atoms with Crippen LogP contribution in [0.25, 0.3) is 0 Å². The molecule has 0 aromatic heterocycles. The van der Waals surface area contributed by atoms with E-state index in [1.807, 2.05) is 59.3 Å². The second kappa shape index (κ2) is 13.4. The molecular formula is C22H30Cl2FN5S2. The zero-order valence-electron chi connectivity index (χ0n) is 18.9. The SMILES string of the molecule is CC.CN(C)CCN(C)c1ccccc1Nc1cc(F)c(SNC2NC=C(Cl)S2)cc1Cl. The zero-order chi connectivity index (χ0) is 23.7. The minimum Gasteiger partial charge on any atom is -0.372 e. The molecule has 3 rings (SSSR count). The Morgan fingerprint density at radius 3 is 2.47 bits per heavy atom. The molecule has 1 unspecified atom stereocenters. The van der Waals surface area contributed by atoms with Crippen molar-refractivity contribution in [3.63, 3.8) is 0 Å². The van der Waals surface area contributed by atoms with Gasteiger partial charge in [-0.3, -0.25) is 0 Å². The van der Waals surface area contributed by atoms with E-state index in [4.69, 9.17) is 23.2 Å². The van der Waals surface area contributed by atoms with Crippen LogP contribution in [0.1, 0.15) is 13.8 Å². The van der Waals surface area contributed by atoms with Crippen LogP contribution in [-0.2, 0) is 0 Å². The summed E-state index contributed by atoms with van der Waals surface area (Å²) in [4.78, 5) is 4.70. The van der Waals surface area contributed by atoms with Gasteiger partial charge < -0.3 is 20.4 Å². The lowest BCUT2D eigenvalue weighted by Crippen LogP contribution is -2.28. The number of hydrogen-bond donors (Lipinski definition) is 3. The highest BCUT2D eigenvalue weighted by Gasteiger charge is 2.17. The molecule has 0 bridgehead atoms. The third-order valence-corrected chi connectivity index (χ3v) is 6.90. The Bertz CT molecular complexity index is 914. The quantitative estimate of drug-likeness (QED) is 0.328. The first-order valence-electron chi connectivity index (χ1n) is 10.2. The maximum Gasteiger partial charge on any atom is 0.140 e. The molecule has 2 aromatic carbocycles. The number of benzene rings is 2. The van der Waals surface area contributed by atoms with Crippen LogP contribution in [0.4, 0.5) is 21.5 Å². The molecule has 10 heteroatoms. The molecular weight excluding hydrogens is 488 g/mol. The Labute approximate surface area is 209 Å². The van der Waals surface area contributed by atoms with Crippen molar-refractivity contribution in [2.75, 3.05) is 44.4 Å². The zero-order valence-corrected chi connectivity index (χ0v) is 22.0. The molecule has 32 heavy (non-hydrogen) atoms. The van der Waals surface area contributed by atoms with Crippen molar-refractivity contribution < 1.29 is 4.39 Å². The molecule has 0 aliphatic carbocycles. The van der Waals surface area contributed by atoms with Crippen molar-refractivity contribution >= 4 is 64.0 Å². The Morgan fingerprint density at radius 2 is 1.81 bits per heavy atom. The molecule has 1 aliphatic heterocycles. The van der Waals surface area contributed by atoms with Gasteiger partial charge in [0.15, 0.2) is 0 Å². The smallest absolute Gasteiger partial charge is 0.140 e. The lowest BCUT2D eigenvalue weighted by Gasteiger charge is -2.25. The Kier molecular flexibility index (Phi) is 11.3. The standard InChI is InChI=1S/C20H24Cl2FN5S2.C2H6/c1-27(2)8-9-28(3)17-7-5-4-6-15(17)25-16-11-14(23)18(10-13(16)21)30-26-20-24-12-19(22)29-20;1-2/h4-7,10-12,20,24-26H,8-9H2,1-3H3;1-2H3. The van der Waals surface area contributed by atoms with Crippen LogP contribution in [0, 0.1) is 5.82 Å². The largest absolute Gasteiger partial charge is 0.372 e. The van der Waals surface area contributed by atoms with Crippen LogP contribution >= 0.6 is 46.9 Å². The Morgan fingerprint density at radius 1 is 1.09 bits per heavy atom. The topological polar surface area (TPSA) is 42.6 Å². The van der Waals surface area contributed by atoms with Crippen molar-refractivity contribution in [2.45, 2.75) is 24.2 Å². The summed E-state index contributed by atoms with van der Waals surface area (Å²) in [5, 5.41) is 6.77. The van der Waals surface area contributed by atoms with E-state index in [0.29, 0.717) is 20.0 Å². The number of hydrogen-bond acceptors (Lipinski definition) is 7. The molecule has 5 nitrogen and oxygen atoms in total. The Balaban J connectivity index is 0.00000176. The van der Waals surface area contributed by atoms with Gasteiger partial charge >= 0.3 is 0 Å². The fourth-order valence-electron chi connectivity index (χ4n) is 2.73. The first-order chi connectivity index (χ1) is 15.3. The van der Waals surface area contributed by atoms with Gasteiger partial charge in [-0.1, -0.05) is 60.9 Å². The molecule has 0 amide bonds. The fourth-order valence-corrected chi connectivity index (χ4v) is 4.80. The van der Waals surface area contributed by atoms with E-state index < -0.39 is 0 Å². The van der Waals surface area contributed by atoms with Crippen molar-refractivity contribution in [2.24, 2.45) is 0 Å². The second-order valence-electron chi connectivity index (χ2n) is 6.96. The molecule has 1 aliphatic rings. The molecule has 0 radical (unpaired) electrons. The lowest BCUT2D eigenvalue weighted by molar-refractivity contribution is 0.416. The summed E-state index contributed by atoms with van der Waals surface area (Å²) in [5.41, 5.74) is 2.28. The minimum absolute atomic E-state index is 0.122. The monoisotopic (exact) mass is 517 g/mol. The van der Waals surface area contributed by atoms with E-state index in [-0.39, 0.29) is 11.3 Å². The molecule has 1 heterocycles. The van der Waals surface area contributed by atoms with Crippen LogP contribution < -0.4 is 20.3 Å². The highest BCUT2D eigenvalue weighted by molar-refractivity contribution is 8.06. The van der Waals surface area contributed by atoms with Gasteiger partial charge in [-0.05, 0) is 44.2 Å². The van der Waals surface area contributed by atoms with E-state index in [0.717, 1.165) is 24.5 Å². The molecule has 0 saturated carbocycles. The van der Waals surface area contributed by atoms with Crippen molar-refractivity contribution in [1.82, 2.24) is 14.9 Å². The Hall–Kier alpha value is -1.29. The summed E-state index contributed by atoms with van der Waals surface area (Å²) in [6.45, 7) is 5.79. The number of nitrogens with zero attached hydrogens (tertiary/aromatic N) is 2. The molecule has 3 N–H and O–H groups in total. The van der Waals surface area contributed by atoms with Gasteiger partial charge in [0.25, 0.3) is 0 Å². The number of halogens is 3. The van der Waals surface area contributed by atoms with Crippen LogP contribution in [0.3, 0.4) is 0 Å². The summed E-state index contributed by atoms with van der Waals surface area (Å²) in [6, 6.07) is 10.9.